The Balaban J connectivity index is 1.97. The van der Waals surface area contributed by atoms with Crippen molar-refractivity contribution in [1.29, 1.82) is 0 Å². The van der Waals surface area contributed by atoms with E-state index in [-0.39, 0.29) is 0 Å². The minimum atomic E-state index is 0.558. The Hall–Kier alpha value is -1.13. The van der Waals surface area contributed by atoms with Crippen LogP contribution >= 0.6 is 11.6 Å². The molecule has 1 aromatic rings. The molecule has 0 atom stereocenters. The molecule has 0 unspecified atom stereocenters. The summed E-state index contributed by atoms with van der Waals surface area (Å²) in [6.07, 6.45) is 5.06. The summed E-state index contributed by atoms with van der Waals surface area (Å²) in [5.74, 6) is 1.57. The molecule has 0 saturated carbocycles. The molecular weight excluding hydrogens is 262 g/mol. The summed E-state index contributed by atoms with van der Waals surface area (Å²) >= 11 is 6.14. The van der Waals surface area contributed by atoms with Gasteiger partial charge in [-0.1, -0.05) is 30.2 Å². The van der Waals surface area contributed by atoms with Gasteiger partial charge in [0, 0.05) is 12.1 Å². The van der Waals surface area contributed by atoms with E-state index in [1.54, 1.807) is 0 Å². The zero-order valence-electron chi connectivity index (χ0n) is 11.5. The van der Waals surface area contributed by atoms with Gasteiger partial charge in [0.1, 0.15) is 16.8 Å². The number of aryl methyl sites for hydroxylation is 1. The number of ether oxygens (including phenoxy) is 1. The molecule has 5 heteroatoms. The molecular formula is C14H20ClN3O. The van der Waals surface area contributed by atoms with Crippen molar-refractivity contribution >= 4 is 17.4 Å². The van der Waals surface area contributed by atoms with Crippen molar-refractivity contribution in [1.82, 2.24) is 9.97 Å². The maximum absolute atomic E-state index is 6.14. The highest BCUT2D eigenvalue weighted by Gasteiger charge is 2.10. The van der Waals surface area contributed by atoms with Gasteiger partial charge in [0.2, 0.25) is 0 Å². The largest absolute Gasteiger partial charge is 0.377 e. The van der Waals surface area contributed by atoms with Crippen LogP contribution in [0.1, 0.15) is 31.2 Å². The fraction of sp³-hybridized carbons (Fsp3) is 0.571. The Kier molecular flexibility index (Phi) is 5.16. The average molecular weight is 282 g/mol. The third kappa shape index (κ3) is 3.91. The van der Waals surface area contributed by atoms with E-state index in [4.69, 9.17) is 16.3 Å². The first-order valence-corrected chi connectivity index (χ1v) is 7.11. The summed E-state index contributed by atoms with van der Waals surface area (Å²) in [7, 11) is 0. The van der Waals surface area contributed by atoms with Gasteiger partial charge in [-0.25, -0.2) is 9.97 Å². The number of anilines is 1. The quantitative estimate of drug-likeness (QED) is 0.665. The van der Waals surface area contributed by atoms with E-state index in [1.807, 2.05) is 6.92 Å². The van der Waals surface area contributed by atoms with Crippen molar-refractivity contribution in [3.63, 3.8) is 0 Å². The van der Waals surface area contributed by atoms with Crippen LogP contribution in [0.4, 0.5) is 5.82 Å². The van der Waals surface area contributed by atoms with Crippen LogP contribution in [0.2, 0.25) is 5.15 Å². The molecule has 1 aliphatic heterocycles. The van der Waals surface area contributed by atoms with E-state index in [2.05, 4.69) is 28.3 Å². The van der Waals surface area contributed by atoms with E-state index in [0.29, 0.717) is 11.0 Å². The second kappa shape index (κ2) is 6.87. The standard InChI is InChI=1S/C14H20ClN3O/c1-3-12-13(15)17-10(2)18-14(12)16-7-4-11-5-8-19-9-6-11/h5H,3-4,6-9H2,1-2H3,(H,16,17,18). The van der Waals surface area contributed by atoms with Gasteiger partial charge in [-0.05, 0) is 26.2 Å². The molecule has 0 fully saturated rings. The van der Waals surface area contributed by atoms with Crippen LogP contribution in [-0.4, -0.2) is 29.7 Å². The Morgan fingerprint density at radius 3 is 2.95 bits per heavy atom. The SMILES string of the molecule is CCc1c(Cl)nc(C)nc1NCCC1=CCOCC1. The lowest BCUT2D eigenvalue weighted by Crippen LogP contribution is -2.11. The Bertz CT molecular complexity index is 474. The fourth-order valence-electron chi connectivity index (χ4n) is 2.16. The van der Waals surface area contributed by atoms with Crippen LogP contribution in [0.25, 0.3) is 0 Å². The molecule has 1 aliphatic rings. The molecule has 104 valence electrons. The minimum Gasteiger partial charge on any atom is -0.377 e. The van der Waals surface area contributed by atoms with Gasteiger partial charge in [0.25, 0.3) is 0 Å². The third-order valence-electron chi connectivity index (χ3n) is 3.22. The molecule has 0 amide bonds. The number of rotatable bonds is 5. The van der Waals surface area contributed by atoms with Gasteiger partial charge in [0.15, 0.2) is 0 Å². The molecule has 0 saturated heterocycles. The van der Waals surface area contributed by atoms with Crippen LogP contribution in [0.15, 0.2) is 11.6 Å². The van der Waals surface area contributed by atoms with Crippen molar-refractivity contribution in [2.24, 2.45) is 0 Å². The first kappa shape index (κ1) is 14.3. The summed E-state index contributed by atoms with van der Waals surface area (Å²) in [5, 5.41) is 3.93. The molecule has 0 aliphatic carbocycles. The lowest BCUT2D eigenvalue weighted by Gasteiger charge is -2.15. The zero-order chi connectivity index (χ0) is 13.7. The van der Waals surface area contributed by atoms with Gasteiger partial charge >= 0.3 is 0 Å². The fourth-order valence-corrected chi connectivity index (χ4v) is 2.50. The van der Waals surface area contributed by atoms with E-state index < -0.39 is 0 Å². The van der Waals surface area contributed by atoms with E-state index in [9.17, 15) is 0 Å². The first-order chi connectivity index (χ1) is 9.20. The number of nitrogens with zero attached hydrogens (tertiary/aromatic N) is 2. The number of hydrogen-bond acceptors (Lipinski definition) is 4. The summed E-state index contributed by atoms with van der Waals surface area (Å²) in [6, 6.07) is 0. The monoisotopic (exact) mass is 281 g/mol. The average Bonchev–Trinajstić information content (AvgIpc) is 2.39. The van der Waals surface area contributed by atoms with Gasteiger partial charge in [-0.3, -0.25) is 0 Å². The highest BCUT2D eigenvalue weighted by atomic mass is 35.5. The zero-order valence-corrected chi connectivity index (χ0v) is 12.3. The Labute approximate surface area is 119 Å². The molecule has 2 rings (SSSR count). The van der Waals surface area contributed by atoms with Crippen molar-refractivity contribution in [3.8, 4) is 0 Å². The molecule has 1 N–H and O–H groups in total. The second-order valence-corrected chi connectivity index (χ2v) is 4.96. The Morgan fingerprint density at radius 1 is 1.42 bits per heavy atom. The van der Waals surface area contributed by atoms with Crippen LogP contribution in [0.3, 0.4) is 0 Å². The van der Waals surface area contributed by atoms with Gasteiger partial charge in [-0.15, -0.1) is 0 Å². The predicted molar refractivity (Wildman–Crippen MR) is 77.8 cm³/mol. The minimum absolute atomic E-state index is 0.558. The summed E-state index contributed by atoms with van der Waals surface area (Å²) in [4.78, 5) is 8.63. The van der Waals surface area contributed by atoms with Crippen molar-refractivity contribution < 1.29 is 4.74 Å². The lowest BCUT2D eigenvalue weighted by molar-refractivity contribution is 0.153. The molecule has 4 nitrogen and oxygen atoms in total. The molecule has 19 heavy (non-hydrogen) atoms. The van der Waals surface area contributed by atoms with Gasteiger partial charge in [0.05, 0.1) is 13.2 Å². The van der Waals surface area contributed by atoms with Crippen molar-refractivity contribution in [3.05, 3.63) is 28.2 Å². The van der Waals surface area contributed by atoms with E-state index in [1.165, 1.54) is 5.57 Å². The Morgan fingerprint density at radius 2 is 2.26 bits per heavy atom. The summed E-state index contributed by atoms with van der Waals surface area (Å²) in [6.45, 7) is 6.37. The van der Waals surface area contributed by atoms with Gasteiger partial charge in [-0.2, -0.15) is 0 Å². The lowest BCUT2D eigenvalue weighted by atomic mass is 10.1. The number of halogens is 1. The van der Waals surface area contributed by atoms with Crippen LogP contribution in [-0.2, 0) is 11.2 Å². The maximum atomic E-state index is 6.14. The molecule has 0 aromatic carbocycles. The normalized spacial score (nSPS) is 15.2. The molecule has 0 bridgehead atoms. The number of aromatic nitrogens is 2. The molecule has 1 aromatic heterocycles. The van der Waals surface area contributed by atoms with Crippen molar-refractivity contribution in [2.45, 2.75) is 33.1 Å². The molecule has 0 radical (unpaired) electrons. The summed E-state index contributed by atoms with van der Waals surface area (Å²) in [5.41, 5.74) is 2.45. The van der Waals surface area contributed by atoms with Crippen LogP contribution in [0.5, 0.6) is 0 Å². The van der Waals surface area contributed by atoms with E-state index in [0.717, 1.165) is 50.4 Å². The highest BCUT2D eigenvalue weighted by molar-refractivity contribution is 6.30. The molecule has 2 heterocycles. The highest BCUT2D eigenvalue weighted by Crippen LogP contribution is 2.22. The van der Waals surface area contributed by atoms with Crippen LogP contribution in [0, 0.1) is 6.92 Å². The maximum Gasteiger partial charge on any atom is 0.138 e. The van der Waals surface area contributed by atoms with Crippen molar-refractivity contribution in [2.75, 3.05) is 25.1 Å². The topological polar surface area (TPSA) is 47.0 Å². The third-order valence-corrected chi connectivity index (χ3v) is 3.53. The second-order valence-electron chi connectivity index (χ2n) is 4.61. The number of hydrogen-bond donors (Lipinski definition) is 1. The molecule has 0 spiro atoms. The van der Waals surface area contributed by atoms with Gasteiger partial charge < -0.3 is 10.1 Å². The van der Waals surface area contributed by atoms with Crippen LogP contribution < -0.4 is 5.32 Å². The summed E-state index contributed by atoms with van der Waals surface area (Å²) < 4.78 is 5.30. The van der Waals surface area contributed by atoms with E-state index >= 15 is 0 Å². The number of nitrogens with one attached hydrogen (secondary N) is 1. The first-order valence-electron chi connectivity index (χ1n) is 6.73. The predicted octanol–water partition coefficient (Wildman–Crippen LogP) is 3.15. The smallest absolute Gasteiger partial charge is 0.138 e.